The van der Waals surface area contributed by atoms with E-state index in [0.717, 1.165) is 21.6 Å². The Bertz CT molecular complexity index is 2320. The number of anilines is 1. The molecule has 7 rings (SSSR count). The van der Waals surface area contributed by atoms with Crippen LogP contribution in [0.2, 0.25) is 0 Å². The highest BCUT2D eigenvalue weighted by Crippen LogP contribution is 2.22. The second-order valence-corrected chi connectivity index (χ2v) is 16.1. The number of rotatable bonds is 9. The normalized spacial score (nSPS) is 20.6. The van der Waals surface area contributed by atoms with Crippen LogP contribution in [-0.2, 0) is 59.2 Å². The number of fused-ring (bicyclic) bond motifs is 18. The number of aliphatic carboxylic acids is 1. The lowest BCUT2D eigenvalue weighted by Crippen LogP contribution is -2.59. The fourth-order valence-corrected chi connectivity index (χ4v) is 7.90. The van der Waals surface area contributed by atoms with Crippen LogP contribution in [0.5, 0.6) is 0 Å². The molecule has 0 fully saturated rings. The topological polar surface area (TPSA) is 200 Å². The lowest BCUT2D eigenvalue weighted by atomic mass is 9.90. The Balaban J connectivity index is 1.38. The molecule has 4 aromatic carbocycles. The standard InChI is InChI=1S/C47H47N5O8S/c1-29(53)48-41-28-43(55)49-36-20-16-31(17-21-36)23-35(47(59)60)26-42(54)38(24-30-9-4-2-5-10-30)50-44(56)39(25-32-14-18-34(19-15-32)33-11-6-3-7-12-33)51-45(57)40(52-46(41)58)27-37-13-8-22-61-37/h2-22,35,38-41H,23-28H2,1H3,(H,48,53)(H,49,55)(H,50,56)(H,51,57)(H,52,58)(H,59,60)/t35-,38-,39+,40-,41-/m1/s1. The zero-order chi connectivity index (χ0) is 43.3. The number of carboxylic acid groups (broad SMARTS) is 1. The molecule has 314 valence electrons. The van der Waals surface area contributed by atoms with Crippen molar-refractivity contribution in [1.82, 2.24) is 21.3 Å². The molecule has 6 N–H and O–H groups in total. The van der Waals surface area contributed by atoms with Gasteiger partial charge in [0, 0.05) is 36.8 Å². The largest absolute Gasteiger partial charge is 0.481 e. The number of carbonyl (C=O) groups excluding carboxylic acids is 6. The van der Waals surface area contributed by atoms with Crippen LogP contribution in [0.4, 0.5) is 5.69 Å². The number of carboxylic acids is 1. The van der Waals surface area contributed by atoms with E-state index >= 15 is 0 Å². The number of Topliss-reactive ketones (excluding diaryl/α,β-unsaturated/α-hetero) is 1. The molecule has 1 aromatic heterocycles. The predicted molar refractivity (Wildman–Crippen MR) is 231 cm³/mol. The predicted octanol–water partition coefficient (Wildman–Crippen LogP) is 4.65. The molecule has 2 aliphatic heterocycles. The molecule has 0 saturated heterocycles. The molecule has 5 amide bonds. The van der Waals surface area contributed by atoms with Gasteiger partial charge in [0.05, 0.1) is 18.4 Å². The lowest BCUT2D eigenvalue weighted by Gasteiger charge is -2.27. The van der Waals surface area contributed by atoms with E-state index in [4.69, 9.17) is 0 Å². The van der Waals surface area contributed by atoms with Crippen molar-refractivity contribution in [3.05, 3.63) is 148 Å². The first kappa shape index (κ1) is 43.6. The van der Waals surface area contributed by atoms with Gasteiger partial charge in [0.2, 0.25) is 29.5 Å². The summed E-state index contributed by atoms with van der Waals surface area (Å²) in [6.07, 6.45) is -0.831. The Kier molecular flexibility index (Phi) is 14.9. The highest BCUT2D eigenvalue weighted by Gasteiger charge is 2.34. The van der Waals surface area contributed by atoms with Gasteiger partial charge in [0.1, 0.15) is 18.1 Å². The smallest absolute Gasteiger partial charge is 0.307 e. The van der Waals surface area contributed by atoms with E-state index < -0.39 is 84.2 Å². The van der Waals surface area contributed by atoms with Gasteiger partial charge in [0.25, 0.3) is 0 Å². The van der Waals surface area contributed by atoms with Crippen molar-refractivity contribution in [2.75, 3.05) is 5.32 Å². The number of carbonyl (C=O) groups is 7. The van der Waals surface area contributed by atoms with Gasteiger partial charge in [0.15, 0.2) is 5.78 Å². The molecule has 5 aromatic rings. The van der Waals surface area contributed by atoms with E-state index in [1.807, 2.05) is 66.0 Å². The monoisotopic (exact) mass is 841 g/mol. The van der Waals surface area contributed by atoms with Crippen molar-refractivity contribution >= 4 is 58.3 Å². The number of hydrogen-bond donors (Lipinski definition) is 6. The van der Waals surface area contributed by atoms with Crippen molar-refractivity contribution in [2.24, 2.45) is 5.92 Å². The van der Waals surface area contributed by atoms with Crippen LogP contribution in [-0.4, -0.2) is 70.6 Å². The van der Waals surface area contributed by atoms with Crippen LogP contribution in [0.15, 0.2) is 127 Å². The summed E-state index contributed by atoms with van der Waals surface area (Å²) >= 11 is 1.35. The van der Waals surface area contributed by atoms with Crippen LogP contribution < -0.4 is 26.6 Å². The third kappa shape index (κ3) is 12.8. The van der Waals surface area contributed by atoms with Crippen molar-refractivity contribution in [3.8, 4) is 11.1 Å². The van der Waals surface area contributed by atoms with Gasteiger partial charge in [-0.1, -0.05) is 103 Å². The number of amides is 5. The maximum atomic E-state index is 14.5. The number of hydrogen-bond acceptors (Lipinski definition) is 8. The highest BCUT2D eigenvalue weighted by atomic mass is 32.1. The summed E-state index contributed by atoms with van der Waals surface area (Å²) in [7, 11) is 0. The van der Waals surface area contributed by atoms with E-state index in [-0.39, 0.29) is 25.7 Å². The summed E-state index contributed by atoms with van der Waals surface area (Å²) in [6.45, 7) is 1.20. The van der Waals surface area contributed by atoms with Crippen molar-refractivity contribution < 1.29 is 38.7 Å². The molecule has 5 atom stereocenters. The van der Waals surface area contributed by atoms with Crippen LogP contribution >= 0.6 is 11.3 Å². The van der Waals surface area contributed by atoms with E-state index in [9.17, 15) is 38.7 Å². The van der Waals surface area contributed by atoms with Gasteiger partial charge in [-0.3, -0.25) is 33.6 Å². The fraction of sp³-hybridized carbons (Fsp3) is 0.255. The first-order valence-electron chi connectivity index (χ1n) is 19.9. The number of ketones is 1. The van der Waals surface area contributed by atoms with Crippen molar-refractivity contribution in [3.63, 3.8) is 0 Å². The van der Waals surface area contributed by atoms with Crippen LogP contribution in [0.25, 0.3) is 11.1 Å². The van der Waals surface area contributed by atoms with Crippen LogP contribution in [0, 0.1) is 5.92 Å². The Morgan fingerprint density at radius 2 is 1.20 bits per heavy atom. The second kappa shape index (κ2) is 20.9. The molecule has 0 radical (unpaired) electrons. The zero-order valence-corrected chi connectivity index (χ0v) is 34.3. The minimum absolute atomic E-state index is 0.0131. The molecule has 14 heteroatoms. The Morgan fingerprint density at radius 1 is 0.623 bits per heavy atom. The minimum atomic E-state index is -1.37. The van der Waals surface area contributed by atoms with Gasteiger partial charge in [-0.05, 0) is 64.2 Å². The van der Waals surface area contributed by atoms with Gasteiger partial charge in [-0.25, -0.2) is 0 Å². The number of thiophene rings is 1. The SMILES string of the molecule is CC(=O)N[C@@H]1CC(=O)Nc2ccc(cc2)C[C@@H](C(=O)O)CC(=O)[C@@H](Cc2ccccc2)NC(=O)[C@H](Cc2ccc(-c3ccccc3)cc2)NC(=O)[C@@H](Cc2cccs2)NC1=O. The molecule has 0 unspecified atom stereocenters. The number of nitrogens with one attached hydrogen (secondary N) is 5. The third-order valence-electron chi connectivity index (χ3n) is 10.3. The molecule has 61 heavy (non-hydrogen) atoms. The summed E-state index contributed by atoms with van der Waals surface area (Å²) in [5, 5.41) is 25.7. The van der Waals surface area contributed by atoms with Gasteiger partial charge < -0.3 is 31.7 Å². The summed E-state index contributed by atoms with van der Waals surface area (Å²) in [5.41, 5.74) is 4.26. The highest BCUT2D eigenvalue weighted by molar-refractivity contribution is 7.09. The molecular weight excluding hydrogens is 795 g/mol. The van der Waals surface area contributed by atoms with E-state index in [0.29, 0.717) is 16.8 Å². The molecule has 0 spiro atoms. The maximum Gasteiger partial charge on any atom is 0.307 e. The Hall–Kier alpha value is -6.93. The van der Waals surface area contributed by atoms with Crippen LogP contribution in [0.1, 0.15) is 41.3 Å². The van der Waals surface area contributed by atoms with E-state index in [2.05, 4.69) is 26.6 Å². The zero-order valence-electron chi connectivity index (χ0n) is 33.5. The molecule has 13 nitrogen and oxygen atoms in total. The maximum absolute atomic E-state index is 14.5. The second-order valence-electron chi connectivity index (χ2n) is 15.0. The summed E-state index contributed by atoms with van der Waals surface area (Å²) in [6, 6.07) is 31.1. The average Bonchev–Trinajstić information content (AvgIpc) is 3.76. The van der Waals surface area contributed by atoms with Gasteiger partial charge in [-0.15, -0.1) is 11.3 Å². The molecule has 3 heterocycles. The first-order valence-corrected chi connectivity index (χ1v) is 20.8. The molecular formula is C47H47N5O8S. The van der Waals surface area contributed by atoms with Crippen molar-refractivity contribution in [2.45, 2.75) is 69.6 Å². The average molecular weight is 842 g/mol. The van der Waals surface area contributed by atoms with E-state index in [1.165, 1.54) is 18.3 Å². The third-order valence-corrected chi connectivity index (χ3v) is 11.2. The summed E-state index contributed by atoms with van der Waals surface area (Å²) in [5.74, 6) is -6.27. The number of benzene rings is 4. The molecule has 0 saturated carbocycles. The molecule has 0 aliphatic carbocycles. The van der Waals surface area contributed by atoms with E-state index in [1.54, 1.807) is 60.7 Å². The quantitative estimate of drug-likeness (QED) is 0.115. The fourth-order valence-electron chi connectivity index (χ4n) is 7.15. The Morgan fingerprint density at radius 3 is 1.82 bits per heavy atom. The van der Waals surface area contributed by atoms with Crippen molar-refractivity contribution in [1.29, 1.82) is 0 Å². The van der Waals surface area contributed by atoms with Crippen LogP contribution in [0.3, 0.4) is 0 Å². The summed E-state index contributed by atoms with van der Waals surface area (Å²) in [4.78, 5) is 95.8. The lowest BCUT2D eigenvalue weighted by molar-refractivity contribution is -0.144. The Labute approximate surface area is 357 Å². The first-order chi connectivity index (χ1) is 29.4. The van der Waals surface area contributed by atoms with Gasteiger partial charge >= 0.3 is 5.97 Å². The minimum Gasteiger partial charge on any atom is -0.481 e. The molecule has 2 bridgehead atoms. The molecule has 2 aliphatic rings. The summed E-state index contributed by atoms with van der Waals surface area (Å²) < 4.78 is 0. The van der Waals surface area contributed by atoms with Gasteiger partial charge in [-0.2, -0.15) is 0 Å².